The SMILES string of the molecule is CC(C)(C)OC(=O)N1CCC2(CC1)C[C@@H](N)c1ccc(C(F)(F)F)cc12. The Bertz CT molecular complexity index is 702. The number of carbonyl (C=O) groups is 1. The van der Waals surface area contributed by atoms with Gasteiger partial charge in [0.05, 0.1) is 5.56 Å². The highest BCUT2D eigenvalue weighted by Gasteiger charge is 2.46. The average Bonchev–Trinajstić information content (AvgIpc) is 2.77. The van der Waals surface area contributed by atoms with Crippen molar-refractivity contribution in [2.24, 2.45) is 5.73 Å². The number of ether oxygens (including phenoxy) is 1. The Morgan fingerprint density at radius 3 is 2.38 bits per heavy atom. The Balaban J connectivity index is 1.81. The highest BCUT2D eigenvalue weighted by Crippen LogP contribution is 2.51. The number of piperidine rings is 1. The van der Waals surface area contributed by atoms with E-state index < -0.39 is 22.8 Å². The van der Waals surface area contributed by atoms with E-state index in [4.69, 9.17) is 10.5 Å². The van der Waals surface area contributed by atoms with Crippen LogP contribution in [0.15, 0.2) is 18.2 Å². The lowest BCUT2D eigenvalue weighted by Crippen LogP contribution is -2.46. The zero-order valence-corrected chi connectivity index (χ0v) is 15.3. The van der Waals surface area contributed by atoms with Crippen LogP contribution in [0.4, 0.5) is 18.0 Å². The minimum Gasteiger partial charge on any atom is -0.444 e. The number of hydrogen-bond acceptors (Lipinski definition) is 3. The van der Waals surface area contributed by atoms with E-state index in [2.05, 4.69) is 0 Å². The topological polar surface area (TPSA) is 55.6 Å². The number of nitrogens with two attached hydrogens (primary N) is 1. The Morgan fingerprint density at radius 2 is 1.85 bits per heavy atom. The predicted molar refractivity (Wildman–Crippen MR) is 91.7 cm³/mol. The average molecular weight is 370 g/mol. The number of hydrogen-bond donors (Lipinski definition) is 1. The van der Waals surface area contributed by atoms with Crippen molar-refractivity contribution in [1.29, 1.82) is 0 Å². The molecular formula is C19H25F3N2O2. The third-order valence-electron chi connectivity index (χ3n) is 5.33. The van der Waals surface area contributed by atoms with Crippen LogP contribution >= 0.6 is 0 Å². The Hall–Kier alpha value is -1.76. The van der Waals surface area contributed by atoms with Gasteiger partial charge in [0.25, 0.3) is 0 Å². The molecule has 144 valence electrons. The summed E-state index contributed by atoms with van der Waals surface area (Å²) in [5, 5.41) is 0. The molecule has 7 heteroatoms. The van der Waals surface area contributed by atoms with Crippen molar-refractivity contribution >= 4 is 6.09 Å². The van der Waals surface area contributed by atoms with E-state index in [1.54, 1.807) is 25.7 Å². The molecule has 1 atom stereocenters. The fourth-order valence-corrected chi connectivity index (χ4v) is 4.07. The highest BCUT2D eigenvalue weighted by atomic mass is 19.4. The van der Waals surface area contributed by atoms with Crippen LogP contribution in [-0.4, -0.2) is 29.7 Å². The van der Waals surface area contributed by atoms with Crippen LogP contribution in [-0.2, 0) is 16.3 Å². The fraction of sp³-hybridized carbons (Fsp3) is 0.632. The Kier molecular flexibility index (Phi) is 4.50. The Labute approximate surface area is 151 Å². The van der Waals surface area contributed by atoms with Gasteiger partial charge in [0, 0.05) is 24.5 Å². The summed E-state index contributed by atoms with van der Waals surface area (Å²) in [7, 11) is 0. The molecule has 2 N–H and O–H groups in total. The number of likely N-dealkylation sites (tertiary alicyclic amines) is 1. The molecule has 3 rings (SSSR count). The second-order valence-corrected chi connectivity index (χ2v) is 8.36. The summed E-state index contributed by atoms with van der Waals surface area (Å²) in [6.07, 6.45) is -2.95. The predicted octanol–water partition coefficient (Wildman–Crippen LogP) is 4.38. The van der Waals surface area contributed by atoms with Crippen LogP contribution < -0.4 is 5.73 Å². The number of rotatable bonds is 0. The van der Waals surface area contributed by atoms with Crippen LogP contribution in [0.3, 0.4) is 0 Å². The van der Waals surface area contributed by atoms with Gasteiger partial charge in [-0.25, -0.2) is 4.79 Å². The molecule has 1 aromatic rings. The van der Waals surface area contributed by atoms with Gasteiger partial charge >= 0.3 is 12.3 Å². The summed E-state index contributed by atoms with van der Waals surface area (Å²) in [5.41, 5.74) is 6.09. The van der Waals surface area contributed by atoms with Crippen molar-refractivity contribution in [2.75, 3.05) is 13.1 Å². The molecule has 2 aliphatic rings. The third-order valence-corrected chi connectivity index (χ3v) is 5.33. The first-order chi connectivity index (χ1) is 11.9. The van der Waals surface area contributed by atoms with E-state index in [1.165, 1.54) is 12.1 Å². The molecule has 1 saturated heterocycles. The lowest BCUT2D eigenvalue weighted by Gasteiger charge is -2.40. The first-order valence-corrected chi connectivity index (χ1v) is 8.86. The smallest absolute Gasteiger partial charge is 0.416 e. The number of alkyl halides is 3. The normalized spacial score (nSPS) is 22.4. The van der Waals surface area contributed by atoms with E-state index in [-0.39, 0.29) is 12.1 Å². The molecule has 1 aliphatic heterocycles. The molecule has 0 saturated carbocycles. The molecule has 1 amide bonds. The van der Waals surface area contributed by atoms with Crippen molar-refractivity contribution in [3.63, 3.8) is 0 Å². The first-order valence-electron chi connectivity index (χ1n) is 8.86. The van der Waals surface area contributed by atoms with E-state index in [0.29, 0.717) is 37.9 Å². The highest BCUT2D eigenvalue weighted by molar-refractivity contribution is 5.68. The molecule has 0 bridgehead atoms. The largest absolute Gasteiger partial charge is 0.444 e. The van der Waals surface area contributed by atoms with Crippen LogP contribution in [0.25, 0.3) is 0 Å². The van der Waals surface area contributed by atoms with Crippen molar-refractivity contribution in [1.82, 2.24) is 4.90 Å². The third kappa shape index (κ3) is 3.54. The maximum Gasteiger partial charge on any atom is 0.416 e. The quantitative estimate of drug-likeness (QED) is 0.737. The summed E-state index contributed by atoms with van der Waals surface area (Å²) in [6, 6.07) is 3.61. The summed E-state index contributed by atoms with van der Waals surface area (Å²) >= 11 is 0. The van der Waals surface area contributed by atoms with Crippen LogP contribution in [0.1, 0.15) is 62.8 Å². The zero-order chi connectivity index (χ0) is 19.3. The molecule has 1 aliphatic carbocycles. The maximum absolute atomic E-state index is 13.1. The number of fused-ring (bicyclic) bond motifs is 2. The standard InChI is InChI=1S/C19H25F3N2O2/c1-17(2,3)26-16(25)24-8-6-18(7-9-24)11-15(23)13-5-4-12(10-14(13)18)19(20,21)22/h4-5,10,15H,6-9,11,23H2,1-3H3/t15-/m1/s1. The van der Waals surface area contributed by atoms with Gasteiger partial charge in [-0.2, -0.15) is 13.2 Å². The molecule has 0 unspecified atom stereocenters. The van der Waals surface area contributed by atoms with Gasteiger partial charge in [-0.15, -0.1) is 0 Å². The lowest BCUT2D eigenvalue weighted by atomic mass is 9.73. The van der Waals surface area contributed by atoms with Gasteiger partial charge in [-0.05, 0) is 63.3 Å². The summed E-state index contributed by atoms with van der Waals surface area (Å²) in [6.45, 7) is 6.33. The van der Waals surface area contributed by atoms with E-state index >= 15 is 0 Å². The van der Waals surface area contributed by atoms with Crippen LogP contribution in [0.2, 0.25) is 0 Å². The lowest BCUT2D eigenvalue weighted by molar-refractivity contribution is -0.137. The summed E-state index contributed by atoms with van der Waals surface area (Å²) < 4.78 is 44.8. The molecule has 0 radical (unpaired) electrons. The van der Waals surface area contributed by atoms with Gasteiger partial charge in [0.1, 0.15) is 5.60 Å². The first kappa shape index (κ1) is 19.0. The van der Waals surface area contributed by atoms with Crippen molar-refractivity contribution in [3.05, 3.63) is 34.9 Å². The van der Waals surface area contributed by atoms with Gasteiger partial charge in [-0.3, -0.25) is 0 Å². The molecular weight excluding hydrogens is 345 g/mol. The van der Waals surface area contributed by atoms with Gasteiger partial charge in [0.15, 0.2) is 0 Å². The number of amides is 1. The van der Waals surface area contributed by atoms with Crippen LogP contribution in [0, 0.1) is 0 Å². The van der Waals surface area contributed by atoms with Crippen molar-refractivity contribution in [3.8, 4) is 0 Å². The van der Waals surface area contributed by atoms with E-state index in [0.717, 1.165) is 11.6 Å². The minimum atomic E-state index is -4.37. The second kappa shape index (κ2) is 6.15. The molecule has 1 fully saturated rings. The zero-order valence-electron chi connectivity index (χ0n) is 15.3. The molecule has 1 heterocycles. The van der Waals surface area contributed by atoms with Gasteiger partial charge in [0.2, 0.25) is 0 Å². The second-order valence-electron chi connectivity index (χ2n) is 8.36. The van der Waals surface area contributed by atoms with Crippen molar-refractivity contribution in [2.45, 2.75) is 63.3 Å². The summed E-state index contributed by atoms with van der Waals surface area (Å²) in [4.78, 5) is 13.9. The number of benzene rings is 1. The molecule has 26 heavy (non-hydrogen) atoms. The Morgan fingerprint density at radius 1 is 1.23 bits per heavy atom. The maximum atomic E-state index is 13.1. The molecule has 1 aromatic carbocycles. The number of carbonyl (C=O) groups excluding carboxylic acids is 1. The fourth-order valence-electron chi connectivity index (χ4n) is 4.07. The van der Waals surface area contributed by atoms with Crippen molar-refractivity contribution < 1.29 is 22.7 Å². The minimum absolute atomic E-state index is 0.264. The molecule has 1 spiro atoms. The van der Waals surface area contributed by atoms with E-state index in [9.17, 15) is 18.0 Å². The van der Waals surface area contributed by atoms with Crippen LogP contribution in [0.5, 0.6) is 0 Å². The van der Waals surface area contributed by atoms with Gasteiger partial charge < -0.3 is 15.4 Å². The molecule has 4 nitrogen and oxygen atoms in total. The number of halogens is 3. The monoisotopic (exact) mass is 370 g/mol. The number of nitrogens with zero attached hydrogens (tertiary/aromatic N) is 1. The van der Waals surface area contributed by atoms with E-state index in [1.807, 2.05) is 0 Å². The van der Waals surface area contributed by atoms with Gasteiger partial charge in [-0.1, -0.05) is 6.07 Å². The molecule has 0 aromatic heterocycles. The summed E-state index contributed by atoms with van der Waals surface area (Å²) in [5.74, 6) is 0.